The van der Waals surface area contributed by atoms with Gasteiger partial charge in [-0.2, -0.15) is 0 Å². The van der Waals surface area contributed by atoms with E-state index in [1.54, 1.807) is 0 Å². The number of nitrogens with one attached hydrogen (secondary N) is 1. The summed E-state index contributed by atoms with van der Waals surface area (Å²) in [4.78, 5) is 0. The van der Waals surface area contributed by atoms with Crippen molar-refractivity contribution in [1.29, 1.82) is 0 Å². The van der Waals surface area contributed by atoms with Crippen molar-refractivity contribution in [2.24, 2.45) is 5.41 Å². The van der Waals surface area contributed by atoms with Gasteiger partial charge in [-0.15, -0.1) is 0 Å². The molecule has 3 rings (SSSR count). The Morgan fingerprint density at radius 3 is 2.67 bits per heavy atom. The van der Waals surface area contributed by atoms with Crippen molar-refractivity contribution in [2.75, 3.05) is 26.4 Å². The van der Waals surface area contributed by atoms with Crippen molar-refractivity contribution in [1.82, 2.24) is 5.32 Å². The first-order valence-electron chi connectivity index (χ1n) is 7.95. The molecule has 21 heavy (non-hydrogen) atoms. The number of ether oxygens (including phenoxy) is 2. The number of benzene rings is 1. The van der Waals surface area contributed by atoms with Crippen LogP contribution in [0.1, 0.15) is 31.2 Å². The van der Waals surface area contributed by atoms with E-state index in [-0.39, 0.29) is 12.0 Å². The van der Waals surface area contributed by atoms with Crippen LogP contribution in [0, 0.1) is 5.41 Å². The molecule has 2 N–H and O–H groups in total. The minimum absolute atomic E-state index is 0.0821. The maximum Gasteiger partial charge on any atom is 0.124 e. The van der Waals surface area contributed by atoms with E-state index in [1.807, 2.05) is 12.1 Å². The monoisotopic (exact) mass is 291 g/mol. The Bertz CT molecular complexity index is 448. The Labute approximate surface area is 126 Å². The molecule has 0 aromatic heterocycles. The first-order chi connectivity index (χ1) is 10.3. The quantitative estimate of drug-likeness (QED) is 0.808. The number of para-hydroxylation sites is 1. The van der Waals surface area contributed by atoms with Crippen molar-refractivity contribution < 1.29 is 14.6 Å². The number of aliphatic hydroxyl groups excluding tert-OH is 1. The highest BCUT2D eigenvalue weighted by atomic mass is 16.5. The average molecular weight is 291 g/mol. The summed E-state index contributed by atoms with van der Waals surface area (Å²) in [5.74, 6) is 1.000. The molecule has 1 saturated carbocycles. The smallest absolute Gasteiger partial charge is 0.124 e. The summed E-state index contributed by atoms with van der Waals surface area (Å²) >= 11 is 0. The van der Waals surface area contributed by atoms with E-state index in [0.29, 0.717) is 19.3 Å². The first-order valence-corrected chi connectivity index (χ1v) is 7.95. The highest BCUT2D eigenvalue weighted by Gasteiger charge is 2.37. The predicted molar refractivity (Wildman–Crippen MR) is 81.4 cm³/mol. The first kappa shape index (κ1) is 14.8. The summed E-state index contributed by atoms with van der Waals surface area (Å²) in [5.41, 5.74) is 1.11. The van der Waals surface area contributed by atoms with Gasteiger partial charge in [-0.05, 0) is 31.7 Å². The normalized spacial score (nSPS) is 21.2. The zero-order valence-corrected chi connectivity index (χ0v) is 12.5. The molecule has 1 aromatic carbocycles. The lowest BCUT2D eigenvalue weighted by Gasteiger charge is -2.40. The number of rotatable bonds is 7. The largest absolute Gasteiger partial charge is 0.490 e. The van der Waals surface area contributed by atoms with Crippen LogP contribution in [-0.4, -0.2) is 37.6 Å². The van der Waals surface area contributed by atoms with Crippen LogP contribution in [0.5, 0.6) is 5.75 Å². The molecule has 2 fully saturated rings. The Kier molecular flexibility index (Phi) is 4.78. The molecule has 1 aliphatic carbocycles. The van der Waals surface area contributed by atoms with Crippen molar-refractivity contribution in [3.05, 3.63) is 29.8 Å². The Morgan fingerprint density at radius 2 is 2.00 bits per heavy atom. The minimum atomic E-state index is -0.0821. The van der Waals surface area contributed by atoms with Gasteiger partial charge in [-0.1, -0.05) is 18.2 Å². The van der Waals surface area contributed by atoms with Gasteiger partial charge < -0.3 is 19.9 Å². The van der Waals surface area contributed by atoms with Crippen molar-refractivity contribution >= 4 is 0 Å². The van der Waals surface area contributed by atoms with Crippen LogP contribution < -0.4 is 10.1 Å². The molecule has 0 bridgehead atoms. The second-order valence-electron chi connectivity index (χ2n) is 6.39. The van der Waals surface area contributed by atoms with Gasteiger partial charge in [-0.25, -0.2) is 0 Å². The predicted octanol–water partition coefficient (Wildman–Crippen LogP) is 2.11. The molecule has 0 unspecified atom stereocenters. The fourth-order valence-corrected chi connectivity index (χ4v) is 3.05. The maximum atomic E-state index is 9.43. The third-order valence-corrected chi connectivity index (χ3v) is 4.54. The second kappa shape index (κ2) is 6.77. The van der Waals surface area contributed by atoms with E-state index in [4.69, 9.17) is 9.47 Å². The zero-order valence-electron chi connectivity index (χ0n) is 12.5. The van der Waals surface area contributed by atoms with E-state index in [2.05, 4.69) is 17.4 Å². The lowest BCUT2D eigenvalue weighted by Crippen LogP contribution is -2.52. The second-order valence-corrected chi connectivity index (χ2v) is 6.39. The zero-order chi connectivity index (χ0) is 14.5. The SMILES string of the molecule is OCC1(CNCc2ccccc2OC2CCCC2)COC1. The van der Waals surface area contributed by atoms with Crippen LogP contribution in [-0.2, 0) is 11.3 Å². The van der Waals surface area contributed by atoms with E-state index >= 15 is 0 Å². The summed E-state index contributed by atoms with van der Waals surface area (Å²) in [5, 5.41) is 12.9. The molecular formula is C17H25NO3. The highest BCUT2D eigenvalue weighted by Crippen LogP contribution is 2.28. The summed E-state index contributed by atoms with van der Waals surface area (Å²) in [6, 6.07) is 8.25. The summed E-state index contributed by atoms with van der Waals surface area (Å²) < 4.78 is 11.4. The number of hydrogen-bond acceptors (Lipinski definition) is 4. The van der Waals surface area contributed by atoms with Gasteiger partial charge in [0, 0.05) is 18.7 Å². The topological polar surface area (TPSA) is 50.7 Å². The molecule has 1 saturated heterocycles. The van der Waals surface area contributed by atoms with Gasteiger partial charge in [0.2, 0.25) is 0 Å². The van der Waals surface area contributed by atoms with Gasteiger partial charge in [-0.3, -0.25) is 0 Å². The standard InChI is InChI=1S/C17H25NO3/c19-11-17(12-20-13-17)10-18-9-14-5-1-4-8-16(14)21-15-6-2-3-7-15/h1,4-5,8,15,18-19H,2-3,6-7,9-13H2. The summed E-state index contributed by atoms with van der Waals surface area (Å²) in [6.07, 6.45) is 5.29. The molecule has 4 nitrogen and oxygen atoms in total. The third kappa shape index (κ3) is 3.57. The van der Waals surface area contributed by atoms with Crippen LogP contribution in [0.25, 0.3) is 0 Å². The summed E-state index contributed by atoms with van der Waals surface area (Å²) in [7, 11) is 0. The number of hydrogen-bond donors (Lipinski definition) is 2. The lowest BCUT2D eigenvalue weighted by atomic mass is 9.87. The van der Waals surface area contributed by atoms with Crippen LogP contribution in [0.4, 0.5) is 0 Å². The summed E-state index contributed by atoms with van der Waals surface area (Å²) in [6.45, 7) is 3.03. The van der Waals surface area contributed by atoms with Gasteiger partial charge in [0.05, 0.1) is 31.3 Å². The van der Waals surface area contributed by atoms with Gasteiger partial charge in [0.25, 0.3) is 0 Å². The van der Waals surface area contributed by atoms with Crippen molar-refractivity contribution in [2.45, 2.75) is 38.3 Å². The molecule has 116 valence electrons. The molecule has 4 heteroatoms. The van der Waals surface area contributed by atoms with E-state index < -0.39 is 0 Å². The Hall–Kier alpha value is -1.10. The fourth-order valence-electron chi connectivity index (χ4n) is 3.05. The molecule has 0 spiro atoms. The molecule has 0 radical (unpaired) electrons. The highest BCUT2D eigenvalue weighted by molar-refractivity contribution is 5.33. The Balaban J connectivity index is 1.54. The average Bonchev–Trinajstić information content (AvgIpc) is 2.96. The fraction of sp³-hybridized carbons (Fsp3) is 0.647. The van der Waals surface area contributed by atoms with Crippen molar-refractivity contribution in [3.8, 4) is 5.75 Å². The minimum Gasteiger partial charge on any atom is -0.490 e. The van der Waals surface area contributed by atoms with Crippen LogP contribution in [0.3, 0.4) is 0 Å². The van der Waals surface area contributed by atoms with E-state index in [0.717, 1.165) is 18.8 Å². The molecule has 1 heterocycles. The lowest BCUT2D eigenvalue weighted by molar-refractivity contribution is -0.134. The Morgan fingerprint density at radius 1 is 1.24 bits per heavy atom. The third-order valence-electron chi connectivity index (χ3n) is 4.54. The van der Waals surface area contributed by atoms with Gasteiger partial charge >= 0.3 is 0 Å². The molecule has 2 aliphatic rings. The molecular weight excluding hydrogens is 266 g/mol. The van der Waals surface area contributed by atoms with E-state index in [1.165, 1.54) is 31.2 Å². The van der Waals surface area contributed by atoms with Crippen LogP contribution in [0.15, 0.2) is 24.3 Å². The van der Waals surface area contributed by atoms with Gasteiger partial charge in [0.1, 0.15) is 5.75 Å². The van der Waals surface area contributed by atoms with Gasteiger partial charge in [0.15, 0.2) is 0 Å². The molecule has 0 amide bonds. The molecule has 1 aromatic rings. The maximum absolute atomic E-state index is 9.43. The van der Waals surface area contributed by atoms with Crippen molar-refractivity contribution in [3.63, 3.8) is 0 Å². The van der Waals surface area contributed by atoms with E-state index in [9.17, 15) is 5.11 Å². The van der Waals surface area contributed by atoms with Crippen LogP contribution in [0.2, 0.25) is 0 Å². The molecule has 0 atom stereocenters. The molecule has 1 aliphatic heterocycles. The van der Waals surface area contributed by atoms with Crippen LogP contribution >= 0.6 is 0 Å². The number of aliphatic hydroxyl groups is 1.